The molecular formula is C20H27ClO5. The second-order valence-electron chi connectivity index (χ2n) is 7.22. The first-order valence-electron chi connectivity index (χ1n) is 8.64. The van der Waals surface area contributed by atoms with E-state index in [2.05, 4.69) is 0 Å². The Bertz CT molecular complexity index is 687. The van der Waals surface area contributed by atoms with Crippen molar-refractivity contribution in [2.45, 2.75) is 53.4 Å². The van der Waals surface area contributed by atoms with Gasteiger partial charge < -0.3 is 14.9 Å². The van der Waals surface area contributed by atoms with Crippen LogP contribution in [0.5, 0.6) is 11.5 Å². The molecule has 0 aliphatic rings. The lowest BCUT2D eigenvalue weighted by molar-refractivity contribution is -0.153. The normalized spacial score (nSPS) is 11.7. The van der Waals surface area contributed by atoms with Gasteiger partial charge in [0.2, 0.25) is 0 Å². The first kappa shape index (κ1) is 22.0. The Morgan fingerprint density at radius 2 is 1.77 bits per heavy atom. The Balaban J connectivity index is 2.50. The maximum atomic E-state index is 11.6. The summed E-state index contributed by atoms with van der Waals surface area (Å²) in [5.74, 6) is -0.715. The fraction of sp³-hybridized carbons (Fsp3) is 0.500. The fourth-order valence-electron chi connectivity index (χ4n) is 2.27. The summed E-state index contributed by atoms with van der Waals surface area (Å²) in [6.07, 6.45) is 7.12. The molecule has 1 aromatic rings. The largest absolute Gasteiger partial charge is 0.506 e. The number of carbonyl (C=O) groups is 2. The van der Waals surface area contributed by atoms with Gasteiger partial charge in [0.15, 0.2) is 6.29 Å². The molecule has 0 atom stereocenters. The van der Waals surface area contributed by atoms with E-state index in [1.165, 1.54) is 0 Å². The lowest BCUT2D eigenvalue weighted by Crippen LogP contribution is -2.23. The molecule has 1 rings (SSSR count). The van der Waals surface area contributed by atoms with Crippen LogP contribution in [0.3, 0.4) is 0 Å². The number of phenolic OH excluding ortho intramolecular Hbond substituents is 2. The number of esters is 1. The lowest BCUT2D eigenvalue weighted by atomic mass is 9.97. The summed E-state index contributed by atoms with van der Waals surface area (Å²) >= 11 is 6.00. The molecule has 5 nitrogen and oxygen atoms in total. The molecule has 0 radical (unpaired) electrons. The quantitative estimate of drug-likeness (QED) is 0.374. The smallest absolute Gasteiger partial charge is 0.311 e. The second-order valence-corrected chi connectivity index (χ2v) is 7.60. The minimum atomic E-state index is -0.484. The van der Waals surface area contributed by atoms with E-state index in [1.54, 1.807) is 19.1 Å². The van der Waals surface area contributed by atoms with Crippen molar-refractivity contribution in [1.29, 1.82) is 0 Å². The predicted octanol–water partition coefficient (Wildman–Crippen LogP) is 5.04. The van der Waals surface area contributed by atoms with Gasteiger partial charge in [0.1, 0.15) is 11.5 Å². The summed E-state index contributed by atoms with van der Waals surface area (Å²) in [7, 11) is 0. The van der Waals surface area contributed by atoms with Crippen molar-refractivity contribution in [2.24, 2.45) is 5.41 Å². The second kappa shape index (κ2) is 9.62. The highest BCUT2D eigenvalue weighted by atomic mass is 35.5. The van der Waals surface area contributed by atoms with Crippen molar-refractivity contribution in [3.05, 3.63) is 27.8 Å². The molecule has 144 valence electrons. The summed E-state index contributed by atoms with van der Waals surface area (Å²) in [5, 5.41) is 20.2. The first-order valence-corrected chi connectivity index (χ1v) is 9.02. The Labute approximate surface area is 159 Å². The van der Waals surface area contributed by atoms with Crippen LogP contribution >= 0.6 is 11.6 Å². The molecular weight excluding hydrogens is 356 g/mol. The molecule has 0 spiro atoms. The topological polar surface area (TPSA) is 83.8 Å². The van der Waals surface area contributed by atoms with E-state index in [9.17, 15) is 19.8 Å². The first-order chi connectivity index (χ1) is 12.1. The zero-order valence-corrected chi connectivity index (χ0v) is 16.5. The van der Waals surface area contributed by atoms with Crippen LogP contribution in [0.2, 0.25) is 5.02 Å². The number of rotatable bonds is 8. The number of ether oxygens (including phenoxy) is 1. The van der Waals surface area contributed by atoms with Gasteiger partial charge in [-0.05, 0) is 58.9 Å². The number of aldehydes is 1. The maximum absolute atomic E-state index is 11.6. The van der Waals surface area contributed by atoms with Gasteiger partial charge in [-0.2, -0.15) is 0 Å². The van der Waals surface area contributed by atoms with E-state index in [4.69, 9.17) is 16.3 Å². The SMILES string of the molecule is Cc1c(Cl)c(O)c(/C=C/CCCCCOC(=O)C(C)(C)C)c(O)c1C=O. The van der Waals surface area contributed by atoms with Crippen molar-refractivity contribution < 1.29 is 24.5 Å². The monoisotopic (exact) mass is 382 g/mol. The number of hydrogen-bond donors (Lipinski definition) is 2. The summed E-state index contributed by atoms with van der Waals surface area (Å²) in [6.45, 7) is 7.41. The Morgan fingerprint density at radius 3 is 2.35 bits per heavy atom. The number of aromatic hydroxyl groups is 2. The van der Waals surface area contributed by atoms with Crippen LogP contribution in [0, 0.1) is 12.3 Å². The van der Waals surface area contributed by atoms with Gasteiger partial charge in [-0.25, -0.2) is 0 Å². The minimum absolute atomic E-state index is 0.0604. The molecule has 0 aromatic heterocycles. The van der Waals surface area contributed by atoms with Gasteiger partial charge in [0.25, 0.3) is 0 Å². The third-order valence-electron chi connectivity index (χ3n) is 3.97. The predicted molar refractivity (Wildman–Crippen MR) is 103 cm³/mol. The average Bonchev–Trinajstić information content (AvgIpc) is 2.57. The van der Waals surface area contributed by atoms with Crippen LogP contribution in [-0.4, -0.2) is 29.1 Å². The van der Waals surface area contributed by atoms with Crippen LogP contribution < -0.4 is 0 Å². The molecule has 0 heterocycles. The molecule has 1 aromatic carbocycles. The van der Waals surface area contributed by atoms with Crippen molar-refractivity contribution in [3.63, 3.8) is 0 Å². The fourth-order valence-corrected chi connectivity index (χ4v) is 2.48. The third-order valence-corrected chi connectivity index (χ3v) is 4.43. The molecule has 0 bridgehead atoms. The molecule has 0 saturated carbocycles. The third kappa shape index (κ3) is 5.77. The highest BCUT2D eigenvalue weighted by Gasteiger charge is 2.22. The number of phenols is 2. The highest BCUT2D eigenvalue weighted by Crippen LogP contribution is 2.40. The number of allylic oxidation sites excluding steroid dienone is 1. The highest BCUT2D eigenvalue weighted by molar-refractivity contribution is 6.33. The zero-order chi connectivity index (χ0) is 19.9. The van der Waals surface area contributed by atoms with Gasteiger partial charge in [0, 0.05) is 0 Å². The van der Waals surface area contributed by atoms with E-state index in [0.29, 0.717) is 24.9 Å². The standard InChI is InChI=1S/C20H27ClO5/c1-13-15(12-22)17(23)14(18(24)16(13)21)10-8-6-5-7-9-11-26-19(25)20(2,3)4/h8,10,12,23-24H,5-7,9,11H2,1-4H3/b10-8+. The van der Waals surface area contributed by atoms with Crippen molar-refractivity contribution in [1.82, 2.24) is 0 Å². The Kier molecular flexibility index (Phi) is 8.15. The van der Waals surface area contributed by atoms with Crippen molar-refractivity contribution in [2.75, 3.05) is 6.61 Å². The minimum Gasteiger partial charge on any atom is -0.506 e. The van der Waals surface area contributed by atoms with Gasteiger partial charge in [-0.15, -0.1) is 0 Å². The van der Waals surface area contributed by atoms with Gasteiger partial charge in [0.05, 0.1) is 28.2 Å². The zero-order valence-electron chi connectivity index (χ0n) is 15.8. The van der Waals surface area contributed by atoms with Crippen LogP contribution in [-0.2, 0) is 9.53 Å². The number of halogens is 1. The van der Waals surface area contributed by atoms with E-state index >= 15 is 0 Å². The Hall–Kier alpha value is -2.01. The summed E-state index contributed by atoms with van der Waals surface area (Å²) in [6, 6.07) is 0. The van der Waals surface area contributed by atoms with Crippen LogP contribution in [0.1, 0.15) is 67.9 Å². The molecule has 0 aliphatic carbocycles. The summed E-state index contributed by atoms with van der Waals surface area (Å²) in [4.78, 5) is 22.7. The van der Waals surface area contributed by atoms with E-state index in [0.717, 1.165) is 19.3 Å². The van der Waals surface area contributed by atoms with Crippen LogP contribution in [0.25, 0.3) is 6.08 Å². The van der Waals surface area contributed by atoms with E-state index in [1.807, 2.05) is 20.8 Å². The molecule has 26 heavy (non-hydrogen) atoms. The van der Waals surface area contributed by atoms with E-state index in [-0.39, 0.29) is 33.6 Å². The van der Waals surface area contributed by atoms with Crippen LogP contribution in [0.4, 0.5) is 0 Å². The van der Waals surface area contributed by atoms with Gasteiger partial charge in [-0.3, -0.25) is 9.59 Å². The number of benzene rings is 1. The summed E-state index contributed by atoms with van der Waals surface area (Å²) in [5.41, 5.74) is 0.0798. The maximum Gasteiger partial charge on any atom is 0.311 e. The molecule has 0 unspecified atom stereocenters. The number of unbranched alkanes of at least 4 members (excludes halogenated alkanes) is 3. The molecule has 0 fully saturated rings. The van der Waals surface area contributed by atoms with Gasteiger partial charge in [-0.1, -0.05) is 23.8 Å². The Morgan fingerprint density at radius 1 is 1.12 bits per heavy atom. The van der Waals surface area contributed by atoms with Crippen molar-refractivity contribution >= 4 is 29.9 Å². The summed E-state index contributed by atoms with van der Waals surface area (Å²) < 4.78 is 5.19. The lowest BCUT2D eigenvalue weighted by Gasteiger charge is -2.16. The van der Waals surface area contributed by atoms with Crippen LogP contribution in [0.15, 0.2) is 6.08 Å². The van der Waals surface area contributed by atoms with E-state index < -0.39 is 5.41 Å². The molecule has 2 N–H and O–H groups in total. The number of hydrogen-bond acceptors (Lipinski definition) is 5. The van der Waals surface area contributed by atoms with Crippen molar-refractivity contribution in [3.8, 4) is 11.5 Å². The number of carbonyl (C=O) groups excluding carboxylic acids is 2. The molecule has 0 saturated heterocycles. The molecule has 6 heteroatoms. The molecule has 0 amide bonds. The molecule has 0 aliphatic heterocycles. The average molecular weight is 383 g/mol. The van der Waals surface area contributed by atoms with Gasteiger partial charge >= 0.3 is 5.97 Å².